The molecule has 1 aliphatic rings. The molecule has 0 saturated carbocycles. The molecule has 3 aromatic rings. The minimum absolute atomic E-state index is 0.166. The lowest BCUT2D eigenvalue weighted by Gasteiger charge is -2.28. The molecule has 2 N–H and O–H groups in total. The molecular formula is C20H21N3O3. The molecule has 1 aliphatic heterocycles. The predicted molar refractivity (Wildman–Crippen MR) is 99.4 cm³/mol. The van der Waals surface area contributed by atoms with Crippen LogP contribution in [0.5, 0.6) is 5.75 Å². The van der Waals surface area contributed by atoms with Crippen molar-refractivity contribution in [3.05, 3.63) is 53.7 Å². The van der Waals surface area contributed by atoms with Crippen LogP contribution in [0.25, 0.3) is 10.9 Å². The van der Waals surface area contributed by atoms with Crippen LogP contribution in [0.2, 0.25) is 0 Å². The number of carbonyl (C=O) groups excluding carboxylic acids is 1. The number of benzene rings is 2. The summed E-state index contributed by atoms with van der Waals surface area (Å²) in [5.41, 5.74) is 2.87. The van der Waals surface area contributed by atoms with E-state index in [0.29, 0.717) is 6.42 Å². The average Bonchev–Trinajstić information content (AvgIpc) is 3.13. The van der Waals surface area contributed by atoms with Gasteiger partial charge in [-0.15, -0.1) is 0 Å². The quantitative estimate of drug-likeness (QED) is 0.685. The zero-order valence-corrected chi connectivity index (χ0v) is 15.0. The molecule has 2 heterocycles. The van der Waals surface area contributed by atoms with Crippen molar-refractivity contribution < 1.29 is 14.6 Å². The second-order valence-electron chi connectivity index (χ2n) is 7.54. The van der Waals surface area contributed by atoms with Crippen molar-refractivity contribution in [1.82, 2.24) is 10.2 Å². The van der Waals surface area contributed by atoms with Gasteiger partial charge in [0.1, 0.15) is 11.4 Å². The predicted octanol–water partition coefficient (Wildman–Crippen LogP) is 4.31. The monoisotopic (exact) mass is 351 g/mol. The lowest BCUT2D eigenvalue weighted by Crippen LogP contribution is -2.37. The van der Waals surface area contributed by atoms with Crippen LogP contribution < -0.4 is 4.90 Å². The number of phenols is 1. The normalized spacial score (nSPS) is 16.7. The lowest BCUT2D eigenvalue weighted by atomic mass is 10.0. The maximum Gasteiger partial charge on any atom is 0.415 e. The van der Waals surface area contributed by atoms with Crippen LogP contribution in [-0.2, 0) is 11.2 Å². The summed E-state index contributed by atoms with van der Waals surface area (Å²) < 4.78 is 5.65. The topological polar surface area (TPSA) is 78.5 Å². The highest BCUT2D eigenvalue weighted by Crippen LogP contribution is 2.42. The third kappa shape index (κ3) is 2.77. The Morgan fingerprint density at radius 3 is 2.81 bits per heavy atom. The first kappa shape index (κ1) is 16.4. The van der Waals surface area contributed by atoms with Crippen molar-refractivity contribution in [2.45, 2.75) is 38.8 Å². The molecule has 0 bridgehead atoms. The van der Waals surface area contributed by atoms with Crippen LogP contribution in [0.1, 0.15) is 38.1 Å². The number of para-hydroxylation sites is 1. The van der Waals surface area contributed by atoms with Crippen molar-refractivity contribution in [2.75, 3.05) is 4.90 Å². The van der Waals surface area contributed by atoms with E-state index in [4.69, 9.17) is 4.74 Å². The van der Waals surface area contributed by atoms with E-state index in [1.165, 1.54) is 0 Å². The number of fused-ring (bicyclic) bond motifs is 2. The molecule has 0 spiro atoms. The number of nitrogens with one attached hydrogen (secondary N) is 1. The minimum atomic E-state index is -0.590. The number of aromatic hydroxyl groups is 1. The van der Waals surface area contributed by atoms with Gasteiger partial charge in [0.15, 0.2) is 0 Å². The molecule has 1 aromatic heterocycles. The van der Waals surface area contributed by atoms with E-state index < -0.39 is 11.7 Å². The van der Waals surface area contributed by atoms with Gasteiger partial charge in [0.2, 0.25) is 0 Å². The van der Waals surface area contributed by atoms with Gasteiger partial charge >= 0.3 is 6.09 Å². The van der Waals surface area contributed by atoms with E-state index in [9.17, 15) is 9.90 Å². The number of ether oxygens (including phenoxy) is 1. The minimum Gasteiger partial charge on any atom is -0.508 e. The number of hydrogen-bond donors (Lipinski definition) is 2. The Kier molecular flexibility index (Phi) is 3.64. The number of rotatable bonds is 1. The largest absolute Gasteiger partial charge is 0.508 e. The molecule has 134 valence electrons. The number of nitrogens with zero attached hydrogens (tertiary/aromatic N) is 2. The van der Waals surface area contributed by atoms with Gasteiger partial charge in [-0.25, -0.2) is 4.79 Å². The standard InChI is InChI=1S/C20H21N3O3/c1-20(2,3)26-19(25)23-16-7-5-4-6-12(16)10-17(23)18-14-11-13(24)8-9-15(14)21-22-18/h4-9,11,17,24H,10H2,1-3H3,(H,21,22). The zero-order chi connectivity index (χ0) is 18.5. The van der Waals surface area contributed by atoms with Crippen LogP contribution in [0.15, 0.2) is 42.5 Å². The van der Waals surface area contributed by atoms with Crippen LogP contribution in [0, 0.1) is 0 Å². The van der Waals surface area contributed by atoms with Gasteiger partial charge in [-0.1, -0.05) is 18.2 Å². The first-order chi connectivity index (χ1) is 12.3. The fourth-order valence-electron chi connectivity index (χ4n) is 3.43. The van der Waals surface area contributed by atoms with E-state index in [1.807, 2.05) is 45.0 Å². The molecule has 0 aliphatic carbocycles. The molecule has 0 fully saturated rings. The summed E-state index contributed by atoms with van der Waals surface area (Å²) in [6, 6.07) is 12.6. The zero-order valence-electron chi connectivity index (χ0n) is 15.0. The van der Waals surface area contributed by atoms with Gasteiger partial charge < -0.3 is 9.84 Å². The van der Waals surface area contributed by atoms with Crippen LogP contribution >= 0.6 is 0 Å². The second kappa shape index (κ2) is 5.76. The summed E-state index contributed by atoms with van der Waals surface area (Å²) in [4.78, 5) is 14.6. The van der Waals surface area contributed by atoms with E-state index in [0.717, 1.165) is 27.8 Å². The Labute approximate surface area is 151 Å². The van der Waals surface area contributed by atoms with E-state index in [2.05, 4.69) is 10.2 Å². The van der Waals surface area contributed by atoms with E-state index in [1.54, 1.807) is 23.1 Å². The third-order valence-corrected chi connectivity index (χ3v) is 4.47. The van der Waals surface area contributed by atoms with Crippen molar-refractivity contribution in [2.24, 2.45) is 0 Å². The fourth-order valence-corrected chi connectivity index (χ4v) is 3.43. The highest BCUT2D eigenvalue weighted by atomic mass is 16.6. The first-order valence-electron chi connectivity index (χ1n) is 8.60. The average molecular weight is 351 g/mol. The number of aromatic nitrogens is 2. The molecule has 1 atom stereocenters. The van der Waals surface area contributed by atoms with E-state index in [-0.39, 0.29) is 11.8 Å². The van der Waals surface area contributed by atoms with Crippen molar-refractivity contribution in [3.8, 4) is 5.75 Å². The fraction of sp³-hybridized carbons (Fsp3) is 0.300. The Hall–Kier alpha value is -3.02. The maximum absolute atomic E-state index is 13.0. The van der Waals surface area contributed by atoms with E-state index >= 15 is 0 Å². The number of amides is 1. The summed E-state index contributed by atoms with van der Waals surface area (Å²) >= 11 is 0. The van der Waals surface area contributed by atoms with Crippen molar-refractivity contribution >= 4 is 22.7 Å². The Morgan fingerprint density at radius 2 is 2.04 bits per heavy atom. The van der Waals surface area contributed by atoms with Gasteiger partial charge in [0.05, 0.1) is 22.9 Å². The van der Waals surface area contributed by atoms with Crippen LogP contribution in [0.3, 0.4) is 0 Å². The summed E-state index contributed by atoms with van der Waals surface area (Å²) in [5, 5.41) is 18.0. The van der Waals surface area contributed by atoms with Gasteiger partial charge in [-0.2, -0.15) is 5.10 Å². The van der Waals surface area contributed by atoms with Gasteiger partial charge in [0.25, 0.3) is 0 Å². The number of anilines is 1. The molecule has 1 amide bonds. The van der Waals surface area contributed by atoms with Gasteiger partial charge in [-0.3, -0.25) is 10.00 Å². The first-order valence-corrected chi connectivity index (χ1v) is 8.60. The maximum atomic E-state index is 13.0. The third-order valence-electron chi connectivity index (χ3n) is 4.47. The molecule has 6 heteroatoms. The number of phenolic OH excluding ortho intramolecular Hbond substituents is 1. The second-order valence-corrected chi connectivity index (χ2v) is 7.54. The Morgan fingerprint density at radius 1 is 1.27 bits per heavy atom. The molecule has 6 nitrogen and oxygen atoms in total. The number of aromatic amines is 1. The molecule has 26 heavy (non-hydrogen) atoms. The molecular weight excluding hydrogens is 330 g/mol. The number of carbonyl (C=O) groups is 1. The highest BCUT2D eigenvalue weighted by molar-refractivity contribution is 5.93. The summed E-state index contributed by atoms with van der Waals surface area (Å²) in [6.07, 6.45) is 0.262. The van der Waals surface area contributed by atoms with Gasteiger partial charge in [-0.05, 0) is 50.6 Å². The van der Waals surface area contributed by atoms with Crippen LogP contribution in [0.4, 0.5) is 10.5 Å². The molecule has 0 saturated heterocycles. The lowest BCUT2D eigenvalue weighted by molar-refractivity contribution is 0.0569. The summed E-state index contributed by atoms with van der Waals surface area (Å²) in [7, 11) is 0. The Balaban J connectivity index is 1.81. The summed E-state index contributed by atoms with van der Waals surface area (Å²) in [5.74, 6) is 0.166. The van der Waals surface area contributed by atoms with Crippen LogP contribution in [-0.4, -0.2) is 27.0 Å². The SMILES string of the molecule is CC(C)(C)OC(=O)N1c2ccccc2CC1c1[nH]nc2ccc(O)cc12. The van der Waals surface area contributed by atoms with Gasteiger partial charge in [0, 0.05) is 11.8 Å². The highest BCUT2D eigenvalue weighted by Gasteiger charge is 2.38. The van der Waals surface area contributed by atoms with Crippen molar-refractivity contribution in [3.63, 3.8) is 0 Å². The summed E-state index contributed by atoms with van der Waals surface area (Å²) in [6.45, 7) is 5.56. The van der Waals surface area contributed by atoms with Crippen molar-refractivity contribution in [1.29, 1.82) is 0 Å². The number of hydrogen-bond acceptors (Lipinski definition) is 4. The molecule has 1 unspecified atom stereocenters. The molecule has 2 aromatic carbocycles. The molecule has 0 radical (unpaired) electrons. The number of H-pyrrole nitrogens is 1. The Bertz CT molecular complexity index is 987. The molecule has 4 rings (SSSR count). The smallest absolute Gasteiger partial charge is 0.415 e.